The number of unbranched alkanes of at least 4 members (excludes halogenated alkanes) is 5. The van der Waals surface area contributed by atoms with Gasteiger partial charge in [-0.15, -0.1) is 11.3 Å². The normalized spacial score (nSPS) is 11.6. The third-order valence-corrected chi connectivity index (χ3v) is 3.83. The molecular formula is C16H26N2O2S. The molecule has 0 amide bonds. The number of nitrogens with two attached hydrogens (primary N) is 1. The molecule has 0 aliphatic rings. The van der Waals surface area contributed by atoms with Crippen molar-refractivity contribution in [2.24, 2.45) is 0 Å². The van der Waals surface area contributed by atoms with Crippen molar-refractivity contribution in [3.05, 3.63) is 17.2 Å². The van der Waals surface area contributed by atoms with Gasteiger partial charge in [-0.3, -0.25) is 0 Å². The number of allylic oxidation sites excluding steroid dienone is 1. The van der Waals surface area contributed by atoms with Crippen LogP contribution in [0.25, 0.3) is 5.57 Å². The molecule has 0 saturated carbocycles. The number of rotatable bonds is 10. The van der Waals surface area contributed by atoms with E-state index in [1.807, 2.05) is 11.5 Å². The number of aromatic nitrogens is 1. The van der Waals surface area contributed by atoms with Gasteiger partial charge in [-0.2, -0.15) is 0 Å². The van der Waals surface area contributed by atoms with Crippen LogP contribution in [-0.2, 0) is 9.53 Å². The maximum atomic E-state index is 12.2. The first-order valence-corrected chi connectivity index (χ1v) is 8.65. The molecule has 0 fully saturated rings. The van der Waals surface area contributed by atoms with Crippen LogP contribution in [0, 0.1) is 0 Å². The van der Waals surface area contributed by atoms with E-state index in [2.05, 4.69) is 18.8 Å². The molecular weight excluding hydrogens is 284 g/mol. The van der Waals surface area contributed by atoms with Gasteiger partial charge < -0.3 is 10.5 Å². The second kappa shape index (κ2) is 10.4. The summed E-state index contributed by atoms with van der Waals surface area (Å²) in [6, 6.07) is 0. The Balaban J connectivity index is 2.65. The van der Waals surface area contributed by atoms with E-state index >= 15 is 0 Å². The second-order valence-electron chi connectivity index (χ2n) is 5.03. The van der Waals surface area contributed by atoms with Gasteiger partial charge >= 0.3 is 5.97 Å². The highest BCUT2D eigenvalue weighted by Crippen LogP contribution is 2.22. The van der Waals surface area contributed by atoms with Gasteiger partial charge in [-0.25, -0.2) is 9.78 Å². The molecule has 0 bridgehead atoms. The molecule has 1 rings (SSSR count). The van der Waals surface area contributed by atoms with Crippen LogP contribution in [0.4, 0.5) is 5.13 Å². The van der Waals surface area contributed by atoms with Crippen LogP contribution < -0.4 is 5.73 Å². The number of carbonyl (C=O) groups is 1. The number of carbonyl (C=O) groups excluding carboxylic acids is 1. The molecule has 1 aromatic heterocycles. The Morgan fingerprint density at radius 3 is 2.62 bits per heavy atom. The fourth-order valence-corrected chi connectivity index (χ4v) is 2.50. The van der Waals surface area contributed by atoms with Crippen LogP contribution >= 0.6 is 11.3 Å². The summed E-state index contributed by atoms with van der Waals surface area (Å²) in [5.74, 6) is -0.284. The van der Waals surface area contributed by atoms with Crippen LogP contribution in [0.5, 0.6) is 0 Å². The molecule has 21 heavy (non-hydrogen) atoms. The van der Waals surface area contributed by atoms with Crippen molar-refractivity contribution >= 4 is 28.0 Å². The van der Waals surface area contributed by atoms with E-state index in [0.717, 1.165) is 44.9 Å². The van der Waals surface area contributed by atoms with Crippen LogP contribution in [0.2, 0.25) is 0 Å². The lowest BCUT2D eigenvalue weighted by Crippen LogP contribution is -2.09. The van der Waals surface area contributed by atoms with Gasteiger partial charge in [0.05, 0.1) is 17.9 Å². The average molecular weight is 310 g/mol. The van der Waals surface area contributed by atoms with Crippen molar-refractivity contribution in [1.29, 1.82) is 0 Å². The summed E-state index contributed by atoms with van der Waals surface area (Å²) in [6.45, 7) is 4.76. The zero-order valence-corrected chi connectivity index (χ0v) is 13.9. The summed E-state index contributed by atoms with van der Waals surface area (Å²) in [5, 5.41) is 2.29. The Morgan fingerprint density at radius 1 is 1.29 bits per heavy atom. The Labute approximate surface area is 131 Å². The Bertz CT molecular complexity index is 455. The zero-order chi connectivity index (χ0) is 15.5. The van der Waals surface area contributed by atoms with Crippen molar-refractivity contribution in [3.8, 4) is 0 Å². The monoisotopic (exact) mass is 310 g/mol. The predicted molar refractivity (Wildman–Crippen MR) is 89.1 cm³/mol. The van der Waals surface area contributed by atoms with E-state index in [1.54, 1.807) is 0 Å². The van der Waals surface area contributed by atoms with Crippen molar-refractivity contribution in [3.63, 3.8) is 0 Å². The SMILES string of the molecule is CCCCC/C=C(\C(=O)OCCCCC)c1csc(N)n1. The standard InChI is InChI=1S/C16H26N2O2S/c1-3-5-7-8-10-13(14-12-21-16(17)18-14)15(19)20-11-9-6-4-2/h10,12H,3-9,11H2,1-2H3,(H2,17,18)/b13-10-. The molecule has 0 spiro atoms. The quantitative estimate of drug-likeness (QED) is 0.394. The van der Waals surface area contributed by atoms with Gasteiger partial charge in [0.25, 0.3) is 0 Å². The third-order valence-electron chi connectivity index (χ3n) is 3.15. The van der Waals surface area contributed by atoms with Crippen LogP contribution in [0.1, 0.15) is 64.5 Å². The molecule has 2 N–H and O–H groups in total. The molecule has 118 valence electrons. The van der Waals surface area contributed by atoms with Gasteiger partial charge in [0.2, 0.25) is 0 Å². The van der Waals surface area contributed by atoms with E-state index in [-0.39, 0.29) is 5.97 Å². The Morgan fingerprint density at radius 2 is 2.00 bits per heavy atom. The van der Waals surface area contributed by atoms with Crippen molar-refractivity contribution in [2.45, 2.75) is 58.8 Å². The molecule has 0 saturated heterocycles. The van der Waals surface area contributed by atoms with Gasteiger partial charge in [0, 0.05) is 5.38 Å². The first-order valence-electron chi connectivity index (χ1n) is 7.77. The highest BCUT2D eigenvalue weighted by atomic mass is 32.1. The van der Waals surface area contributed by atoms with Crippen LogP contribution in [0.15, 0.2) is 11.5 Å². The lowest BCUT2D eigenvalue weighted by molar-refractivity contribution is -0.136. The molecule has 1 heterocycles. The summed E-state index contributed by atoms with van der Waals surface area (Å²) in [6.07, 6.45) is 9.29. The summed E-state index contributed by atoms with van der Waals surface area (Å²) >= 11 is 1.34. The largest absolute Gasteiger partial charge is 0.462 e. The molecule has 0 atom stereocenters. The number of ether oxygens (including phenoxy) is 1. The van der Waals surface area contributed by atoms with Crippen LogP contribution in [0.3, 0.4) is 0 Å². The number of nitrogens with zero attached hydrogens (tertiary/aromatic N) is 1. The molecule has 0 aliphatic heterocycles. The van der Waals surface area contributed by atoms with Gasteiger partial charge in [0.1, 0.15) is 0 Å². The summed E-state index contributed by atoms with van der Waals surface area (Å²) < 4.78 is 5.34. The van der Waals surface area contributed by atoms with E-state index < -0.39 is 0 Å². The molecule has 4 nitrogen and oxygen atoms in total. The van der Waals surface area contributed by atoms with E-state index in [0.29, 0.717) is 23.0 Å². The number of anilines is 1. The van der Waals surface area contributed by atoms with Crippen LogP contribution in [-0.4, -0.2) is 17.6 Å². The minimum atomic E-state index is -0.284. The van der Waals surface area contributed by atoms with Gasteiger partial charge in [0.15, 0.2) is 5.13 Å². The lowest BCUT2D eigenvalue weighted by atomic mass is 10.1. The highest BCUT2D eigenvalue weighted by Gasteiger charge is 2.16. The molecule has 0 radical (unpaired) electrons. The highest BCUT2D eigenvalue weighted by molar-refractivity contribution is 7.13. The minimum absolute atomic E-state index is 0.284. The molecule has 1 aromatic rings. The predicted octanol–water partition coefficient (Wildman–Crippen LogP) is 4.42. The van der Waals surface area contributed by atoms with Crippen molar-refractivity contribution in [1.82, 2.24) is 4.98 Å². The van der Waals surface area contributed by atoms with Gasteiger partial charge in [-0.05, 0) is 19.3 Å². The zero-order valence-electron chi connectivity index (χ0n) is 13.1. The summed E-state index contributed by atoms with van der Waals surface area (Å²) in [4.78, 5) is 16.4. The maximum Gasteiger partial charge on any atom is 0.340 e. The summed E-state index contributed by atoms with van der Waals surface area (Å²) in [7, 11) is 0. The van der Waals surface area contributed by atoms with Gasteiger partial charge in [-0.1, -0.05) is 45.6 Å². The van der Waals surface area contributed by atoms with E-state index in [1.165, 1.54) is 11.3 Å². The topological polar surface area (TPSA) is 65.2 Å². The Kier molecular flexibility index (Phi) is 8.74. The third kappa shape index (κ3) is 6.76. The fourth-order valence-electron chi connectivity index (χ4n) is 1.94. The Hall–Kier alpha value is -1.36. The number of nitrogen functional groups attached to an aromatic ring is 1. The smallest absolute Gasteiger partial charge is 0.340 e. The lowest BCUT2D eigenvalue weighted by Gasteiger charge is -2.06. The maximum absolute atomic E-state index is 12.2. The molecule has 0 aromatic carbocycles. The van der Waals surface area contributed by atoms with Crippen molar-refractivity contribution < 1.29 is 9.53 Å². The van der Waals surface area contributed by atoms with E-state index in [9.17, 15) is 4.79 Å². The first-order chi connectivity index (χ1) is 10.2. The van der Waals surface area contributed by atoms with E-state index in [4.69, 9.17) is 10.5 Å². The molecule has 0 unspecified atom stereocenters. The molecule has 0 aliphatic carbocycles. The second-order valence-corrected chi connectivity index (χ2v) is 5.92. The van der Waals surface area contributed by atoms with Crippen molar-refractivity contribution in [2.75, 3.05) is 12.3 Å². The summed E-state index contributed by atoms with van der Waals surface area (Å²) in [5.41, 5.74) is 6.85. The fraction of sp³-hybridized carbons (Fsp3) is 0.625. The number of thiazole rings is 1. The number of hydrogen-bond acceptors (Lipinski definition) is 5. The minimum Gasteiger partial charge on any atom is -0.462 e. The first kappa shape index (κ1) is 17.7. The average Bonchev–Trinajstić information content (AvgIpc) is 2.89. The molecule has 5 heteroatoms. The number of hydrogen-bond donors (Lipinski definition) is 1. The number of esters is 1.